The van der Waals surface area contributed by atoms with E-state index in [9.17, 15) is 0 Å². The minimum atomic E-state index is 0.941. The molecule has 0 N–H and O–H groups in total. The largest absolute Gasteiger partial charge is 0.309 e. The number of hydrogen-bond acceptors (Lipinski definition) is 2. The number of rotatable bonds is 4. The monoisotopic (exact) mass is 612 g/mol. The second kappa shape index (κ2) is 10.5. The number of benzene rings is 6. The lowest BCUT2D eigenvalue weighted by Gasteiger charge is -2.10. The molecule has 0 aliphatic carbocycles. The van der Waals surface area contributed by atoms with Gasteiger partial charge >= 0.3 is 0 Å². The molecule has 0 amide bonds. The smallest absolute Gasteiger partial charge is 0.0740 e. The minimum Gasteiger partial charge on any atom is -0.309 e. The number of nitrogens with zero attached hydrogens (tertiary/aromatic N) is 4. The molecule has 4 aromatic heterocycles. The molecular formula is C44H28N4. The van der Waals surface area contributed by atoms with Crippen molar-refractivity contribution < 1.29 is 0 Å². The molecule has 0 radical (unpaired) electrons. The molecule has 0 atom stereocenters. The van der Waals surface area contributed by atoms with Crippen LogP contribution < -0.4 is 0 Å². The molecule has 4 nitrogen and oxygen atoms in total. The van der Waals surface area contributed by atoms with Gasteiger partial charge in [0, 0.05) is 50.7 Å². The van der Waals surface area contributed by atoms with Crippen LogP contribution in [-0.2, 0) is 0 Å². The van der Waals surface area contributed by atoms with Gasteiger partial charge < -0.3 is 9.13 Å². The number of pyridine rings is 2. The Bertz CT molecular complexity index is 2810. The quantitative estimate of drug-likeness (QED) is 0.198. The summed E-state index contributed by atoms with van der Waals surface area (Å²) in [7, 11) is 0. The van der Waals surface area contributed by atoms with Crippen LogP contribution in [0.4, 0.5) is 0 Å². The van der Waals surface area contributed by atoms with Crippen molar-refractivity contribution in [1.29, 1.82) is 0 Å². The fourth-order valence-electron chi connectivity index (χ4n) is 7.44. The molecule has 224 valence electrons. The predicted octanol–water partition coefficient (Wildman–Crippen LogP) is 11.2. The first-order valence-corrected chi connectivity index (χ1v) is 16.2. The van der Waals surface area contributed by atoms with E-state index in [0.717, 1.165) is 33.3 Å². The molecule has 0 unspecified atom stereocenters. The molecule has 4 heteroatoms. The fraction of sp³-hybridized carbons (Fsp3) is 0. The summed E-state index contributed by atoms with van der Waals surface area (Å²) in [6, 6.07) is 54.4. The van der Waals surface area contributed by atoms with Gasteiger partial charge in [0.05, 0.1) is 33.8 Å². The zero-order chi connectivity index (χ0) is 31.6. The highest BCUT2D eigenvalue weighted by Gasteiger charge is 2.18. The van der Waals surface area contributed by atoms with Crippen LogP contribution in [-0.4, -0.2) is 19.1 Å². The Morgan fingerprint density at radius 2 is 0.958 bits per heavy atom. The Hall–Kier alpha value is -6.52. The molecular weight excluding hydrogens is 585 g/mol. The summed E-state index contributed by atoms with van der Waals surface area (Å²) < 4.78 is 4.69. The summed E-state index contributed by atoms with van der Waals surface area (Å²) >= 11 is 0. The first-order chi connectivity index (χ1) is 23.8. The third kappa shape index (κ3) is 4.03. The van der Waals surface area contributed by atoms with Crippen LogP contribution in [0.1, 0.15) is 0 Å². The second-order valence-corrected chi connectivity index (χ2v) is 12.3. The molecule has 48 heavy (non-hydrogen) atoms. The third-order valence-electron chi connectivity index (χ3n) is 9.65. The maximum atomic E-state index is 4.86. The van der Waals surface area contributed by atoms with E-state index in [0.29, 0.717) is 0 Å². The molecule has 0 bridgehead atoms. The van der Waals surface area contributed by atoms with Crippen molar-refractivity contribution in [3.05, 3.63) is 170 Å². The number of hydrogen-bond donors (Lipinski definition) is 0. The normalized spacial score (nSPS) is 11.8. The van der Waals surface area contributed by atoms with Crippen LogP contribution in [0, 0.1) is 0 Å². The predicted molar refractivity (Wildman–Crippen MR) is 199 cm³/mol. The van der Waals surface area contributed by atoms with Crippen molar-refractivity contribution in [3.8, 4) is 33.6 Å². The van der Waals surface area contributed by atoms with Crippen molar-refractivity contribution in [2.45, 2.75) is 0 Å². The van der Waals surface area contributed by atoms with Crippen molar-refractivity contribution in [3.63, 3.8) is 0 Å². The lowest BCUT2D eigenvalue weighted by Crippen LogP contribution is -1.94. The van der Waals surface area contributed by atoms with Crippen molar-refractivity contribution in [2.24, 2.45) is 0 Å². The number of aromatic nitrogens is 4. The Kier molecular flexibility index (Phi) is 5.84. The molecule has 0 aliphatic heterocycles. The Balaban J connectivity index is 1.19. The summed E-state index contributed by atoms with van der Waals surface area (Å²) in [5, 5.41) is 5.89. The van der Waals surface area contributed by atoms with Gasteiger partial charge in [-0.3, -0.25) is 9.97 Å². The topological polar surface area (TPSA) is 35.6 Å². The van der Waals surface area contributed by atoms with Crippen molar-refractivity contribution >= 4 is 54.5 Å². The highest BCUT2D eigenvalue weighted by molar-refractivity contribution is 6.21. The van der Waals surface area contributed by atoms with Crippen LogP contribution in [0.3, 0.4) is 0 Å². The zero-order valence-electron chi connectivity index (χ0n) is 26.0. The van der Waals surface area contributed by atoms with Gasteiger partial charge in [0.1, 0.15) is 0 Å². The maximum absolute atomic E-state index is 4.86. The summed E-state index contributed by atoms with van der Waals surface area (Å²) in [6.45, 7) is 0. The highest BCUT2D eigenvalue weighted by atomic mass is 15.0. The van der Waals surface area contributed by atoms with E-state index >= 15 is 0 Å². The average Bonchev–Trinajstić information content (AvgIpc) is 3.68. The molecule has 0 aliphatic rings. The molecule has 4 heterocycles. The number of fused-ring (bicyclic) bond motifs is 8. The van der Waals surface area contributed by atoms with Crippen molar-refractivity contribution in [1.82, 2.24) is 19.1 Å². The molecule has 0 fully saturated rings. The second-order valence-electron chi connectivity index (χ2n) is 12.3. The van der Waals surface area contributed by atoms with Gasteiger partial charge in [-0.25, -0.2) is 0 Å². The summed E-state index contributed by atoms with van der Waals surface area (Å²) in [4.78, 5) is 9.38. The van der Waals surface area contributed by atoms with Crippen LogP contribution in [0.5, 0.6) is 0 Å². The molecule has 0 saturated carbocycles. The van der Waals surface area contributed by atoms with Gasteiger partial charge in [0.2, 0.25) is 0 Å². The van der Waals surface area contributed by atoms with Gasteiger partial charge in [-0.05, 0) is 82.9 Å². The van der Waals surface area contributed by atoms with E-state index in [2.05, 4.69) is 160 Å². The average molecular weight is 613 g/mol. The van der Waals surface area contributed by atoms with Crippen LogP contribution in [0.15, 0.2) is 170 Å². The molecule has 10 rings (SSSR count). The number of para-hydroxylation sites is 2. The summed E-state index contributed by atoms with van der Waals surface area (Å²) in [5.74, 6) is 0. The van der Waals surface area contributed by atoms with E-state index in [1.165, 1.54) is 54.8 Å². The van der Waals surface area contributed by atoms with Gasteiger partial charge in [-0.1, -0.05) is 91.0 Å². The van der Waals surface area contributed by atoms with Gasteiger partial charge in [0.25, 0.3) is 0 Å². The van der Waals surface area contributed by atoms with E-state index in [1.54, 1.807) is 0 Å². The standard InChI is InChI=1S/C44H28N4/c1-3-9-29(10-4-1)30-15-19-34(20-16-30)48-42-22-18-32(26-37(42)44-38-27-45-24-23-39(38)46-28-43(44)48)31-17-21-41-36(25-31)35-13-7-8-14-40(35)47(41)33-11-5-2-6-12-33/h1-28H. The molecule has 0 spiro atoms. The van der Waals surface area contributed by atoms with Crippen LogP contribution in [0.25, 0.3) is 88.1 Å². The third-order valence-corrected chi connectivity index (χ3v) is 9.65. The lowest BCUT2D eigenvalue weighted by atomic mass is 10.00. The van der Waals surface area contributed by atoms with Gasteiger partial charge in [0.15, 0.2) is 0 Å². The lowest BCUT2D eigenvalue weighted by molar-refractivity contribution is 1.17. The fourth-order valence-corrected chi connectivity index (χ4v) is 7.44. The van der Waals surface area contributed by atoms with E-state index in [4.69, 9.17) is 4.98 Å². The van der Waals surface area contributed by atoms with Crippen LogP contribution in [0.2, 0.25) is 0 Å². The Morgan fingerprint density at radius 3 is 1.75 bits per heavy atom. The Labute approximate surface area is 276 Å². The van der Waals surface area contributed by atoms with E-state index in [1.807, 2.05) is 24.7 Å². The maximum Gasteiger partial charge on any atom is 0.0740 e. The highest BCUT2D eigenvalue weighted by Crippen LogP contribution is 2.40. The molecule has 10 aromatic rings. The molecule has 6 aromatic carbocycles. The Morgan fingerprint density at radius 1 is 0.375 bits per heavy atom. The summed E-state index contributed by atoms with van der Waals surface area (Å²) in [6.07, 6.45) is 5.77. The van der Waals surface area contributed by atoms with E-state index in [-0.39, 0.29) is 0 Å². The molecule has 0 saturated heterocycles. The van der Waals surface area contributed by atoms with Gasteiger partial charge in [-0.15, -0.1) is 0 Å². The summed E-state index contributed by atoms with van der Waals surface area (Å²) in [5.41, 5.74) is 12.6. The van der Waals surface area contributed by atoms with Gasteiger partial charge in [-0.2, -0.15) is 0 Å². The minimum absolute atomic E-state index is 0.941. The SMILES string of the molecule is c1ccc(-c2ccc(-n3c4ccc(-c5ccc6c(c5)c5ccccc5n6-c5ccccc5)cc4c4c5cnccc5ncc43)cc2)cc1. The zero-order valence-corrected chi connectivity index (χ0v) is 26.0. The van der Waals surface area contributed by atoms with Crippen molar-refractivity contribution in [2.75, 3.05) is 0 Å². The van der Waals surface area contributed by atoms with Crippen LogP contribution >= 0.6 is 0 Å². The first-order valence-electron chi connectivity index (χ1n) is 16.2. The first kappa shape index (κ1) is 26.7. The van der Waals surface area contributed by atoms with E-state index < -0.39 is 0 Å².